The van der Waals surface area contributed by atoms with Gasteiger partial charge in [-0.25, -0.2) is 4.98 Å². The fourth-order valence-electron chi connectivity index (χ4n) is 2.85. The van der Waals surface area contributed by atoms with Gasteiger partial charge in [0.2, 0.25) is 5.78 Å². The summed E-state index contributed by atoms with van der Waals surface area (Å²) < 4.78 is 3.30. The molecule has 6 heteroatoms. The van der Waals surface area contributed by atoms with Gasteiger partial charge in [0.15, 0.2) is 0 Å². The summed E-state index contributed by atoms with van der Waals surface area (Å²) in [6.45, 7) is 1.89. The highest BCUT2D eigenvalue weighted by molar-refractivity contribution is 7.18. The molecule has 0 spiro atoms. The molecule has 5 nitrogen and oxygen atoms in total. The second-order valence-electron chi connectivity index (χ2n) is 5.13. The molecule has 0 saturated carbocycles. The summed E-state index contributed by atoms with van der Waals surface area (Å²) >= 11 is 1.68. The fraction of sp³-hybridized carbons (Fsp3) is 0.462. The van der Waals surface area contributed by atoms with E-state index in [9.17, 15) is 4.79 Å². The van der Waals surface area contributed by atoms with E-state index in [1.807, 2.05) is 18.5 Å². The van der Waals surface area contributed by atoms with Gasteiger partial charge in [0, 0.05) is 11.9 Å². The standard InChI is InChI=1S/C13H14N4OS/c1-7-15-17-12(18)10-8-5-3-4-6-9(8)19-11(10)14-13(17)16(7)2/h3-6H2,1-2H3. The summed E-state index contributed by atoms with van der Waals surface area (Å²) in [7, 11) is 1.89. The first-order valence-corrected chi connectivity index (χ1v) is 7.35. The Morgan fingerprint density at radius 1 is 1.26 bits per heavy atom. The van der Waals surface area contributed by atoms with E-state index in [-0.39, 0.29) is 5.56 Å². The Morgan fingerprint density at radius 2 is 2.05 bits per heavy atom. The molecule has 0 fully saturated rings. The first-order valence-electron chi connectivity index (χ1n) is 6.53. The molecular formula is C13H14N4OS. The van der Waals surface area contributed by atoms with Gasteiger partial charge in [-0.1, -0.05) is 0 Å². The molecule has 0 amide bonds. The molecule has 98 valence electrons. The van der Waals surface area contributed by atoms with Gasteiger partial charge >= 0.3 is 0 Å². The molecule has 1 aliphatic carbocycles. The van der Waals surface area contributed by atoms with E-state index >= 15 is 0 Å². The Bertz CT molecular complexity index is 870. The van der Waals surface area contributed by atoms with Crippen LogP contribution in [-0.2, 0) is 19.9 Å². The molecule has 0 radical (unpaired) electrons. The van der Waals surface area contributed by atoms with Crippen LogP contribution in [0.4, 0.5) is 0 Å². The monoisotopic (exact) mass is 274 g/mol. The summed E-state index contributed by atoms with van der Waals surface area (Å²) in [4.78, 5) is 19.5. The Balaban J connectivity index is 2.21. The smallest absolute Gasteiger partial charge is 0.284 e. The van der Waals surface area contributed by atoms with Crippen LogP contribution in [0, 0.1) is 6.92 Å². The molecule has 1 aliphatic rings. The van der Waals surface area contributed by atoms with Crippen LogP contribution in [-0.4, -0.2) is 19.2 Å². The number of hydrogen-bond donors (Lipinski definition) is 0. The molecule has 0 atom stereocenters. The Morgan fingerprint density at radius 3 is 2.89 bits per heavy atom. The van der Waals surface area contributed by atoms with E-state index < -0.39 is 0 Å². The molecule has 0 aromatic carbocycles. The fourth-order valence-corrected chi connectivity index (χ4v) is 4.10. The highest BCUT2D eigenvalue weighted by atomic mass is 32.1. The van der Waals surface area contributed by atoms with Gasteiger partial charge in [0.1, 0.15) is 10.7 Å². The lowest BCUT2D eigenvalue weighted by molar-refractivity contribution is 0.699. The Kier molecular flexibility index (Phi) is 2.15. The number of aryl methyl sites for hydroxylation is 4. The third kappa shape index (κ3) is 1.37. The zero-order chi connectivity index (χ0) is 13.1. The molecule has 19 heavy (non-hydrogen) atoms. The predicted octanol–water partition coefficient (Wildman–Crippen LogP) is 1.83. The van der Waals surface area contributed by atoms with Gasteiger partial charge in [-0.2, -0.15) is 4.52 Å². The summed E-state index contributed by atoms with van der Waals surface area (Å²) in [5, 5.41) is 5.10. The molecule has 0 saturated heterocycles. The van der Waals surface area contributed by atoms with E-state index in [1.165, 1.54) is 27.8 Å². The molecule has 3 aromatic rings. The van der Waals surface area contributed by atoms with Crippen molar-refractivity contribution in [2.24, 2.45) is 7.05 Å². The van der Waals surface area contributed by atoms with Gasteiger partial charge in [-0.3, -0.25) is 4.79 Å². The largest absolute Gasteiger partial charge is 0.300 e. The second-order valence-corrected chi connectivity index (χ2v) is 6.21. The quantitative estimate of drug-likeness (QED) is 0.628. The van der Waals surface area contributed by atoms with Gasteiger partial charge in [-0.15, -0.1) is 16.4 Å². The maximum absolute atomic E-state index is 12.6. The molecule has 0 aliphatic heterocycles. The van der Waals surface area contributed by atoms with Gasteiger partial charge < -0.3 is 4.57 Å². The number of fused-ring (bicyclic) bond motifs is 4. The van der Waals surface area contributed by atoms with Gasteiger partial charge in [-0.05, 0) is 38.2 Å². The van der Waals surface area contributed by atoms with Gasteiger partial charge in [0.25, 0.3) is 5.56 Å². The van der Waals surface area contributed by atoms with Crippen molar-refractivity contribution in [3.05, 3.63) is 26.6 Å². The number of hydrogen-bond acceptors (Lipinski definition) is 4. The minimum absolute atomic E-state index is 0.0110. The predicted molar refractivity (Wildman–Crippen MR) is 75.0 cm³/mol. The van der Waals surface area contributed by atoms with E-state index in [0.29, 0.717) is 5.78 Å². The zero-order valence-electron chi connectivity index (χ0n) is 10.9. The maximum atomic E-state index is 12.6. The third-order valence-corrected chi connectivity index (χ3v) is 5.17. The van der Waals surface area contributed by atoms with Crippen LogP contribution in [0.2, 0.25) is 0 Å². The second kappa shape index (κ2) is 3.66. The van der Waals surface area contributed by atoms with Crippen molar-refractivity contribution >= 4 is 27.3 Å². The van der Waals surface area contributed by atoms with Crippen molar-refractivity contribution in [2.45, 2.75) is 32.6 Å². The van der Waals surface area contributed by atoms with Crippen LogP contribution in [0.3, 0.4) is 0 Å². The van der Waals surface area contributed by atoms with Crippen molar-refractivity contribution in [1.29, 1.82) is 0 Å². The summed E-state index contributed by atoms with van der Waals surface area (Å²) in [5.41, 5.74) is 1.21. The minimum Gasteiger partial charge on any atom is -0.300 e. The number of nitrogens with zero attached hydrogens (tertiary/aromatic N) is 4. The molecular weight excluding hydrogens is 260 g/mol. The molecule has 0 bridgehead atoms. The molecule has 0 unspecified atom stereocenters. The molecule has 4 rings (SSSR count). The molecule has 0 N–H and O–H groups in total. The first-order chi connectivity index (χ1) is 9.16. The normalized spacial score (nSPS) is 15.3. The van der Waals surface area contributed by atoms with E-state index in [4.69, 9.17) is 0 Å². The van der Waals surface area contributed by atoms with Crippen LogP contribution in [0.15, 0.2) is 4.79 Å². The van der Waals surface area contributed by atoms with Crippen molar-refractivity contribution in [3.8, 4) is 0 Å². The van der Waals surface area contributed by atoms with Crippen LogP contribution in [0.5, 0.6) is 0 Å². The van der Waals surface area contributed by atoms with Crippen LogP contribution in [0.25, 0.3) is 16.0 Å². The summed E-state index contributed by atoms with van der Waals surface area (Å²) in [6.07, 6.45) is 4.48. The van der Waals surface area contributed by atoms with Crippen molar-refractivity contribution < 1.29 is 0 Å². The average molecular weight is 274 g/mol. The SMILES string of the molecule is Cc1nn2c(=O)c3c4c(sc3nc2n1C)CCCC4. The zero-order valence-corrected chi connectivity index (χ0v) is 11.8. The van der Waals surface area contributed by atoms with E-state index in [1.54, 1.807) is 11.3 Å². The van der Waals surface area contributed by atoms with Crippen LogP contribution >= 0.6 is 11.3 Å². The number of aromatic nitrogens is 4. The molecule has 3 heterocycles. The van der Waals surface area contributed by atoms with E-state index in [0.717, 1.165) is 28.9 Å². The summed E-state index contributed by atoms with van der Waals surface area (Å²) in [6, 6.07) is 0. The highest BCUT2D eigenvalue weighted by Gasteiger charge is 2.21. The van der Waals surface area contributed by atoms with Crippen molar-refractivity contribution in [1.82, 2.24) is 19.2 Å². The summed E-state index contributed by atoms with van der Waals surface area (Å²) in [5.74, 6) is 1.43. The first kappa shape index (κ1) is 11.2. The minimum atomic E-state index is -0.0110. The number of rotatable bonds is 0. The topological polar surface area (TPSA) is 52.2 Å². The van der Waals surface area contributed by atoms with Gasteiger partial charge in [0.05, 0.1) is 5.39 Å². The van der Waals surface area contributed by atoms with Crippen molar-refractivity contribution in [2.75, 3.05) is 0 Å². The third-order valence-electron chi connectivity index (χ3n) is 3.98. The lowest BCUT2D eigenvalue weighted by Crippen LogP contribution is -2.17. The highest BCUT2D eigenvalue weighted by Crippen LogP contribution is 2.33. The maximum Gasteiger partial charge on any atom is 0.284 e. The van der Waals surface area contributed by atoms with E-state index in [2.05, 4.69) is 10.1 Å². The number of thiophene rings is 1. The lowest BCUT2D eigenvalue weighted by Gasteiger charge is -2.09. The van der Waals surface area contributed by atoms with Crippen LogP contribution in [0.1, 0.15) is 29.1 Å². The van der Waals surface area contributed by atoms with Crippen LogP contribution < -0.4 is 5.56 Å². The molecule has 3 aromatic heterocycles. The Labute approximate surface area is 113 Å². The van der Waals surface area contributed by atoms with Crippen molar-refractivity contribution in [3.63, 3.8) is 0 Å². The Hall–Kier alpha value is -1.69. The average Bonchev–Trinajstić information content (AvgIpc) is 2.91. The lowest BCUT2D eigenvalue weighted by atomic mass is 9.97.